The number of anilines is 1. The lowest BCUT2D eigenvalue weighted by Gasteiger charge is -2.07. The summed E-state index contributed by atoms with van der Waals surface area (Å²) >= 11 is 0. The Bertz CT molecular complexity index is 1070. The number of benzene rings is 3. The van der Waals surface area contributed by atoms with E-state index in [1.54, 1.807) is 48.5 Å². The second kappa shape index (κ2) is 9.38. The number of methoxy groups -OCH3 is 1. The van der Waals surface area contributed by atoms with Crippen molar-refractivity contribution in [3.8, 4) is 11.5 Å². The summed E-state index contributed by atoms with van der Waals surface area (Å²) in [5, 5.41) is 16.4. The van der Waals surface area contributed by atoms with Crippen LogP contribution in [0.15, 0.2) is 71.8 Å². The fourth-order valence-corrected chi connectivity index (χ4v) is 2.63. The molecule has 152 valence electrons. The van der Waals surface area contributed by atoms with Gasteiger partial charge < -0.3 is 15.2 Å². The van der Waals surface area contributed by atoms with E-state index in [-0.39, 0.29) is 11.7 Å². The maximum atomic E-state index is 12.2. The Morgan fingerprint density at radius 1 is 0.933 bits per heavy atom. The zero-order valence-corrected chi connectivity index (χ0v) is 16.5. The molecule has 0 aliphatic heterocycles. The van der Waals surface area contributed by atoms with Crippen LogP contribution in [-0.4, -0.2) is 30.2 Å². The third-order valence-electron chi connectivity index (χ3n) is 4.30. The summed E-state index contributed by atoms with van der Waals surface area (Å²) in [6, 6.07) is 18.5. The van der Waals surface area contributed by atoms with Gasteiger partial charge in [-0.1, -0.05) is 17.7 Å². The Kier molecular flexibility index (Phi) is 6.44. The minimum absolute atomic E-state index is 0.0175. The number of ether oxygens (including phenoxy) is 1. The van der Waals surface area contributed by atoms with Crippen molar-refractivity contribution in [2.75, 3.05) is 12.4 Å². The first kappa shape index (κ1) is 20.6. The molecule has 3 N–H and O–H groups in total. The number of rotatable bonds is 6. The third kappa shape index (κ3) is 5.23. The van der Waals surface area contributed by atoms with Gasteiger partial charge in [0.15, 0.2) is 11.5 Å². The van der Waals surface area contributed by atoms with Crippen molar-refractivity contribution in [1.29, 1.82) is 0 Å². The Labute approximate surface area is 174 Å². The van der Waals surface area contributed by atoms with Crippen molar-refractivity contribution in [2.24, 2.45) is 5.10 Å². The number of phenolic OH excluding ortho intramolecular Hbond substituents is 1. The number of phenols is 1. The van der Waals surface area contributed by atoms with E-state index >= 15 is 0 Å². The maximum absolute atomic E-state index is 12.2. The normalized spacial score (nSPS) is 10.6. The van der Waals surface area contributed by atoms with Gasteiger partial charge in [0.1, 0.15) is 0 Å². The van der Waals surface area contributed by atoms with Crippen molar-refractivity contribution in [3.05, 3.63) is 89.0 Å². The lowest BCUT2D eigenvalue weighted by atomic mass is 10.1. The SMILES string of the molecule is COc1ccc(/C=N\NC(=O)c2ccc(NC(=O)c3ccc(C)cc3)cc2)cc1O. The number of aromatic hydroxyl groups is 1. The number of carbonyl (C=O) groups is 2. The summed E-state index contributed by atoms with van der Waals surface area (Å²) in [7, 11) is 1.46. The molecular formula is C23H21N3O4. The van der Waals surface area contributed by atoms with Crippen molar-refractivity contribution >= 4 is 23.7 Å². The van der Waals surface area contributed by atoms with E-state index in [1.807, 2.05) is 19.1 Å². The van der Waals surface area contributed by atoms with E-state index < -0.39 is 5.91 Å². The summed E-state index contributed by atoms with van der Waals surface area (Å²) in [6.07, 6.45) is 1.41. The van der Waals surface area contributed by atoms with Gasteiger partial charge in [0.25, 0.3) is 11.8 Å². The monoisotopic (exact) mass is 403 g/mol. The fourth-order valence-electron chi connectivity index (χ4n) is 2.63. The van der Waals surface area contributed by atoms with Crippen LogP contribution in [0.25, 0.3) is 0 Å². The molecule has 30 heavy (non-hydrogen) atoms. The number of nitrogens with one attached hydrogen (secondary N) is 2. The summed E-state index contributed by atoms with van der Waals surface area (Å²) in [5.74, 6) is -0.290. The molecule has 3 aromatic rings. The number of nitrogens with zero attached hydrogens (tertiary/aromatic N) is 1. The molecule has 3 aromatic carbocycles. The first-order valence-corrected chi connectivity index (χ1v) is 9.15. The standard InChI is InChI=1S/C23H21N3O4/c1-15-3-6-17(7-4-15)22(28)25-19-10-8-18(9-11-19)23(29)26-24-14-16-5-12-21(30-2)20(27)13-16/h3-14,27H,1-2H3,(H,25,28)(H,26,29)/b24-14-. The quantitative estimate of drug-likeness (QED) is 0.431. The second-order valence-corrected chi connectivity index (χ2v) is 6.53. The van der Waals surface area contributed by atoms with Crippen LogP contribution in [0.4, 0.5) is 5.69 Å². The highest BCUT2D eigenvalue weighted by molar-refractivity contribution is 6.04. The van der Waals surface area contributed by atoms with E-state index in [9.17, 15) is 14.7 Å². The molecule has 7 heteroatoms. The molecule has 0 radical (unpaired) electrons. The molecule has 2 amide bonds. The number of hydrazone groups is 1. The van der Waals surface area contributed by atoms with E-state index in [2.05, 4.69) is 15.8 Å². The van der Waals surface area contributed by atoms with Crippen molar-refractivity contribution in [2.45, 2.75) is 6.92 Å². The van der Waals surface area contributed by atoms with Crippen LogP contribution in [0, 0.1) is 6.92 Å². The van der Waals surface area contributed by atoms with Gasteiger partial charge >= 0.3 is 0 Å². The predicted octanol–water partition coefficient (Wildman–Crippen LogP) is 3.73. The van der Waals surface area contributed by atoms with Gasteiger partial charge in [-0.3, -0.25) is 9.59 Å². The summed E-state index contributed by atoms with van der Waals surface area (Å²) in [6.45, 7) is 1.95. The fraction of sp³-hybridized carbons (Fsp3) is 0.0870. The van der Waals surface area contributed by atoms with Gasteiger partial charge in [-0.15, -0.1) is 0 Å². The number of amides is 2. The smallest absolute Gasteiger partial charge is 0.271 e. The van der Waals surface area contributed by atoms with Crippen molar-refractivity contribution < 1.29 is 19.4 Å². The molecule has 0 unspecified atom stereocenters. The summed E-state index contributed by atoms with van der Waals surface area (Å²) in [5.41, 5.74) is 5.62. The molecule has 3 rings (SSSR count). The highest BCUT2D eigenvalue weighted by Crippen LogP contribution is 2.25. The topological polar surface area (TPSA) is 100 Å². The molecule has 0 aromatic heterocycles. The molecule has 0 spiro atoms. The van der Waals surface area contributed by atoms with E-state index in [4.69, 9.17) is 4.74 Å². The average Bonchev–Trinajstić information content (AvgIpc) is 2.75. The highest BCUT2D eigenvalue weighted by atomic mass is 16.5. The number of hydrogen-bond donors (Lipinski definition) is 3. The van der Waals surface area contributed by atoms with Crippen LogP contribution < -0.4 is 15.5 Å². The molecule has 0 bridgehead atoms. The van der Waals surface area contributed by atoms with Gasteiger partial charge in [0, 0.05) is 16.8 Å². The minimum atomic E-state index is -0.402. The van der Waals surface area contributed by atoms with Crippen LogP contribution in [0.5, 0.6) is 11.5 Å². The number of carbonyl (C=O) groups excluding carboxylic acids is 2. The lowest BCUT2D eigenvalue weighted by Crippen LogP contribution is -2.17. The van der Waals surface area contributed by atoms with Crippen LogP contribution in [0.3, 0.4) is 0 Å². The molecule has 0 atom stereocenters. The van der Waals surface area contributed by atoms with Gasteiger partial charge in [-0.05, 0) is 67.1 Å². The summed E-state index contributed by atoms with van der Waals surface area (Å²) < 4.78 is 4.97. The van der Waals surface area contributed by atoms with E-state index in [0.29, 0.717) is 28.1 Å². The molecule has 0 heterocycles. The largest absolute Gasteiger partial charge is 0.504 e. The Morgan fingerprint density at radius 3 is 2.20 bits per heavy atom. The van der Waals surface area contributed by atoms with Crippen LogP contribution in [-0.2, 0) is 0 Å². The van der Waals surface area contributed by atoms with E-state index in [1.165, 1.54) is 19.4 Å². The first-order valence-electron chi connectivity index (χ1n) is 9.15. The molecule has 0 saturated carbocycles. The Morgan fingerprint density at radius 2 is 1.57 bits per heavy atom. The van der Waals surface area contributed by atoms with Gasteiger partial charge in [0.2, 0.25) is 0 Å². The van der Waals surface area contributed by atoms with Crippen molar-refractivity contribution in [3.63, 3.8) is 0 Å². The summed E-state index contributed by atoms with van der Waals surface area (Å²) in [4.78, 5) is 24.5. The van der Waals surface area contributed by atoms with Gasteiger partial charge in [0.05, 0.1) is 13.3 Å². The molecule has 0 aliphatic rings. The minimum Gasteiger partial charge on any atom is -0.504 e. The highest BCUT2D eigenvalue weighted by Gasteiger charge is 2.08. The first-order chi connectivity index (χ1) is 14.5. The van der Waals surface area contributed by atoms with Crippen LogP contribution >= 0.6 is 0 Å². The molecule has 0 aliphatic carbocycles. The Hall–Kier alpha value is -4.13. The maximum Gasteiger partial charge on any atom is 0.271 e. The third-order valence-corrected chi connectivity index (χ3v) is 4.30. The second-order valence-electron chi connectivity index (χ2n) is 6.53. The molecule has 7 nitrogen and oxygen atoms in total. The molecule has 0 saturated heterocycles. The van der Waals surface area contributed by atoms with Crippen LogP contribution in [0.1, 0.15) is 31.8 Å². The average molecular weight is 403 g/mol. The Balaban J connectivity index is 1.57. The van der Waals surface area contributed by atoms with Gasteiger partial charge in [-0.2, -0.15) is 5.10 Å². The molecule has 0 fully saturated rings. The zero-order chi connectivity index (χ0) is 21.5. The lowest BCUT2D eigenvalue weighted by molar-refractivity contribution is 0.0954. The van der Waals surface area contributed by atoms with E-state index in [0.717, 1.165) is 5.56 Å². The van der Waals surface area contributed by atoms with Crippen LogP contribution in [0.2, 0.25) is 0 Å². The predicted molar refractivity (Wildman–Crippen MR) is 115 cm³/mol. The van der Waals surface area contributed by atoms with Gasteiger partial charge in [-0.25, -0.2) is 5.43 Å². The zero-order valence-electron chi connectivity index (χ0n) is 16.5. The van der Waals surface area contributed by atoms with Crippen molar-refractivity contribution in [1.82, 2.24) is 5.43 Å². The molecular weight excluding hydrogens is 382 g/mol. The number of hydrogen-bond acceptors (Lipinski definition) is 5. The number of aryl methyl sites for hydroxylation is 1.